The van der Waals surface area contributed by atoms with Gasteiger partial charge < -0.3 is 15.0 Å². The van der Waals surface area contributed by atoms with Gasteiger partial charge in [-0.25, -0.2) is 0 Å². The number of alkyl halides is 3. The lowest BCUT2D eigenvalue weighted by molar-refractivity contribution is -0.119. The highest BCUT2D eigenvalue weighted by Gasteiger charge is 2.29. The number of benzene rings is 1. The van der Waals surface area contributed by atoms with Gasteiger partial charge in [0.25, 0.3) is 0 Å². The summed E-state index contributed by atoms with van der Waals surface area (Å²) in [5.41, 5.74) is 2.48. The number of nitrogens with zero attached hydrogens (tertiary/aromatic N) is 1. The van der Waals surface area contributed by atoms with E-state index in [1.807, 2.05) is 19.1 Å². The molecule has 0 heterocycles. The molecule has 1 aromatic rings. The number of anilines is 1. The minimum absolute atomic E-state index is 0.516. The molecule has 1 rings (SSSR count). The Hall–Kier alpha value is -1.27. The second-order valence-corrected chi connectivity index (χ2v) is 4.77. The van der Waals surface area contributed by atoms with Crippen LogP contribution in [0.5, 0.6) is 0 Å². The lowest BCUT2D eigenvalue weighted by Gasteiger charge is -2.24. The Morgan fingerprint density at radius 1 is 1.30 bits per heavy atom. The molecule has 0 aliphatic rings. The van der Waals surface area contributed by atoms with Crippen molar-refractivity contribution in [2.75, 3.05) is 38.8 Å². The van der Waals surface area contributed by atoms with Crippen molar-refractivity contribution in [3.05, 3.63) is 29.3 Å². The van der Waals surface area contributed by atoms with Gasteiger partial charge in [0.05, 0.1) is 6.61 Å². The summed E-state index contributed by atoms with van der Waals surface area (Å²) in [5.74, 6) is 0. The van der Waals surface area contributed by atoms with Gasteiger partial charge >= 0.3 is 6.18 Å². The van der Waals surface area contributed by atoms with Crippen LogP contribution in [0, 0.1) is 6.92 Å². The fourth-order valence-electron chi connectivity index (χ4n) is 1.98. The molecule has 6 heteroatoms. The van der Waals surface area contributed by atoms with Gasteiger partial charge in [-0.2, -0.15) is 13.2 Å². The molecule has 1 aromatic carbocycles. The highest BCUT2D eigenvalue weighted by Crippen LogP contribution is 2.25. The van der Waals surface area contributed by atoms with Gasteiger partial charge in [-0.05, 0) is 18.6 Å². The molecule has 20 heavy (non-hydrogen) atoms. The first-order valence-electron chi connectivity index (χ1n) is 6.40. The van der Waals surface area contributed by atoms with Crippen molar-refractivity contribution < 1.29 is 17.9 Å². The highest BCUT2D eigenvalue weighted by molar-refractivity contribution is 5.54. The van der Waals surface area contributed by atoms with Crippen LogP contribution in [0.3, 0.4) is 0 Å². The largest absolute Gasteiger partial charge is 0.405 e. The van der Waals surface area contributed by atoms with Crippen LogP contribution in [0.4, 0.5) is 18.9 Å². The normalized spacial score (nSPS) is 11.7. The zero-order valence-electron chi connectivity index (χ0n) is 12.0. The Labute approximate surface area is 117 Å². The third-order valence-corrected chi connectivity index (χ3v) is 2.86. The number of ether oxygens (including phenoxy) is 1. The molecule has 1 N–H and O–H groups in total. The van der Waals surface area contributed by atoms with Crippen molar-refractivity contribution in [1.29, 1.82) is 0 Å². The van der Waals surface area contributed by atoms with Crippen LogP contribution in [0.25, 0.3) is 0 Å². The van der Waals surface area contributed by atoms with Crippen molar-refractivity contribution in [2.45, 2.75) is 19.6 Å². The second kappa shape index (κ2) is 7.50. The fraction of sp³-hybridized carbons (Fsp3) is 0.571. The molecule has 0 spiro atoms. The molecule has 0 aliphatic heterocycles. The number of rotatable bonds is 7. The van der Waals surface area contributed by atoms with E-state index < -0.39 is 12.7 Å². The Kier molecular flexibility index (Phi) is 6.29. The number of nitrogens with one attached hydrogen (secondary N) is 1. The molecule has 0 radical (unpaired) electrons. The molecule has 0 saturated heterocycles. The van der Waals surface area contributed by atoms with Crippen LogP contribution in [0.15, 0.2) is 18.2 Å². The molecule has 0 fully saturated rings. The van der Waals surface area contributed by atoms with Crippen LogP contribution in [-0.4, -0.2) is 40.0 Å². The lowest BCUT2D eigenvalue weighted by Crippen LogP contribution is -2.32. The van der Waals surface area contributed by atoms with Gasteiger partial charge in [-0.3, -0.25) is 0 Å². The molecule has 0 aliphatic carbocycles. The van der Waals surface area contributed by atoms with E-state index in [2.05, 4.69) is 5.32 Å². The molecular formula is C14H21F3N2O. The summed E-state index contributed by atoms with van der Waals surface area (Å²) in [6, 6.07) is 5.46. The van der Waals surface area contributed by atoms with Crippen molar-refractivity contribution >= 4 is 5.69 Å². The first-order valence-corrected chi connectivity index (χ1v) is 6.40. The molecule has 0 bridgehead atoms. The average Bonchev–Trinajstić information content (AvgIpc) is 2.32. The molecule has 0 aromatic heterocycles. The van der Waals surface area contributed by atoms with E-state index >= 15 is 0 Å². The van der Waals surface area contributed by atoms with E-state index in [1.165, 1.54) is 11.9 Å². The summed E-state index contributed by atoms with van der Waals surface area (Å²) in [4.78, 5) is 1.23. The van der Waals surface area contributed by atoms with E-state index in [9.17, 15) is 13.2 Å². The van der Waals surface area contributed by atoms with Crippen LogP contribution in [0.1, 0.15) is 11.1 Å². The van der Waals surface area contributed by atoms with Crippen molar-refractivity contribution in [2.24, 2.45) is 0 Å². The topological polar surface area (TPSA) is 24.5 Å². The molecule has 0 atom stereocenters. The van der Waals surface area contributed by atoms with Crippen LogP contribution >= 0.6 is 0 Å². The van der Waals surface area contributed by atoms with E-state index in [0.717, 1.165) is 11.1 Å². The Morgan fingerprint density at radius 2 is 2.00 bits per heavy atom. The quantitative estimate of drug-likeness (QED) is 0.782. The maximum absolute atomic E-state index is 12.5. The molecular weight excluding hydrogens is 269 g/mol. The summed E-state index contributed by atoms with van der Waals surface area (Å²) in [6.45, 7) is 2.71. The van der Waals surface area contributed by atoms with E-state index in [-0.39, 0.29) is 0 Å². The van der Waals surface area contributed by atoms with Crippen molar-refractivity contribution in [3.63, 3.8) is 0 Å². The van der Waals surface area contributed by atoms with Crippen molar-refractivity contribution in [3.8, 4) is 0 Å². The third kappa shape index (κ3) is 5.79. The summed E-state index contributed by atoms with van der Waals surface area (Å²) in [6.07, 6.45) is -4.21. The minimum atomic E-state index is -4.21. The molecule has 3 nitrogen and oxygen atoms in total. The predicted molar refractivity (Wildman–Crippen MR) is 74.1 cm³/mol. The second-order valence-electron chi connectivity index (χ2n) is 4.77. The molecule has 0 saturated carbocycles. The van der Waals surface area contributed by atoms with Gasteiger partial charge in [-0.15, -0.1) is 0 Å². The number of hydrogen-bond donors (Lipinski definition) is 1. The molecule has 114 valence electrons. The van der Waals surface area contributed by atoms with Gasteiger partial charge in [0.15, 0.2) is 0 Å². The Balaban J connectivity index is 2.78. The average molecular weight is 290 g/mol. The number of hydrogen-bond acceptors (Lipinski definition) is 3. The van der Waals surface area contributed by atoms with Crippen LogP contribution < -0.4 is 10.2 Å². The predicted octanol–water partition coefficient (Wildman–Crippen LogP) is 2.73. The first kappa shape index (κ1) is 16.8. The zero-order chi connectivity index (χ0) is 15.2. The summed E-state index contributed by atoms with van der Waals surface area (Å²) in [7, 11) is 3.06. The van der Waals surface area contributed by atoms with Gasteiger partial charge in [0.1, 0.15) is 6.54 Å². The monoisotopic (exact) mass is 290 g/mol. The summed E-state index contributed by atoms with van der Waals surface area (Å²) in [5, 5.41) is 3.16. The lowest BCUT2D eigenvalue weighted by atomic mass is 10.1. The Bertz CT molecular complexity index is 421. The standard InChI is InChI=1S/C14H21F3N2O/c1-11-4-5-13(19(2)10-14(15,16)17)12(8-11)9-18-6-7-20-3/h4-5,8,18H,6-7,9-10H2,1-3H3. The SMILES string of the molecule is COCCNCc1cc(C)ccc1N(C)CC(F)(F)F. The van der Waals surface area contributed by atoms with Crippen LogP contribution in [-0.2, 0) is 11.3 Å². The summed E-state index contributed by atoms with van der Waals surface area (Å²) >= 11 is 0. The highest BCUT2D eigenvalue weighted by atomic mass is 19.4. The van der Waals surface area contributed by atoms with Gasteiger partial charge in [-0.1, -0.05) is 17.7 Å². The number of methoxy groups -OCH3 is 1. The smallest absolute Gasteiger partial charge is 0.383 e. The zero-order valence-corrected chi connectivity index (χ0v) is 12.0. The molecule has 0 amide bonds. The maximum Gasteiger partial charge on any atom is 0.405 e. The minimum Gasteiger partial charge on any atom is -0.383 e. The number of halogens is 3. The summed E-state index contributed by atoms with van der Waals surface area (Å²) < 4.78 is 42.4. The van der Waals surface area contributed by atoms with Crippen molar-refractivity contribution in [1.82, 2.24) is 5.32 Å². The third-order valence-electron chi connectivity index (χ3n) is 2.86. The van der Waals surface area contributed by atoms with E-state index in [0.29, 0.717) is 25.4 Å². The fourth-order valence-corrected chi connectivity index (χ4v) is 1.98. The van der Waals surface area contributed by atoms with Crippen LogP contribution in [0.2, 0.25) is 0 Å². The Morgan fingerprint density at radius 3 is 2.60 bits per heavy atom. The molecule has 0 unspecified atom stereocenters. The van der Waals surface area contributed by atoms with E-state index in [1.54, 1.807) is 13.2 Å². The maximum atomic E-state index is 12.5. The van der Waals surface area contributed by atoms with E-state index in [4.69, 9.17) is 4.74 Å². The first-order chi connectivity index (χ1) is 9.33. The van der Waals surface area contributed by atoms with Gasteiger partial charge in [0, 0.05) is 32.9 Å². The van der Waals surface area contributed by atoms with Gasteiger partial charge in [0.2, 0.25) is 0 Å². The number of aryl methyl sites for hydroxylation is 1.